The summed E-state index contributed by atoms with van der Waals surface area (Å²) in [6.07, 6.45) is 0. The third kappa shape index (κ3) is 4.73. The van der Waals surface area contributed by atoms with Crippen LogP contribution in [0, 0.1) is 0 Å². The van der Waals surface area contributed by atoms with Crippen LogP contribution in [0.3, 0.4) is 0 Å². The number of hydrogen-bond acceptors (Lipinski definition) is 6. The Morgan fingerprint density at radius 1 is 1.42 bits per heavy atom. The number of hydrogen-bond donors (Lipinski definition) is 3. The van der Waals surface area contributed by atoms with Crippen molar-refractivity contribution in [3.8, 4) is 11.5 Å². The Morgan fingerprint density at radius 2 is 2.12 bits per heavy atom. The standard InChI is InChI=1S/C14H21N3O5S.ClH/c1-4-15-9(2)7-16-23(19,20)13-6-11-10(5-12(13)21-3)17-14(18)8-22-11;/h5-6,9,15-16H,4,7-8H2,1-3H3,(H,17,18);1H/t9-;/m1./s1. The molecule has 0 aliphatic carbocycles. The maximum atomic E-state index is 12.5. The molecular formula is C14H22ClN3O5S. The molecule has 2 rings (SSSR count). The number of fused-ring (bicyclic) bond motifs is 1. The normalized spacial score (nSPS) is 14.7. The molecule has 10 heteroatoms. The molecule has 1 aliphatic heterocycles. The van der Waals surface area contributed by atoms with E-state index in [1.54, 1.807) is 0 Å². The van der Waals surface area contributed by atoms with Crippen LogP contribution in [-0.2, 0) is 14.8 Å². The van der Waals surface area contributed by atoms with Crippen LogP contribution < -0.4 is 24.8 Å². The smallest absolute Gasteiger partial charge is 0.262 e. The van der Waals surface area contributed by atoms with Crippen molar-refractivity contribution in [2.45, 2.75) is 24.8 Å². The van der Waals surface area contributed by atoms with Crippen molar-refractivity contribution in [1.29, 1.82) is 0 Å². The highest BCUT2D eigenvalue weighted by atomic mass is 35.5. The predicted molar refractivity (Wildman–Crippen MR) is 92.7 cm³/mol. The molecule has 0 radical (unpaired) electrons. The first-order valence-corrected chi connectivity index (χ1v) is 8.73. The fourth-order valence-electron chi connectivity index (χ4n) is 2.19. The zero-order valence-electron chi connectivity index (χ0n) is 13.7. The number of carbonyl (C=O) groups is 1. The third-order valence-corrected chi connectivity index (χ3v) is 4.77. The van der Waals surface area contributed by atoms with Crippen LogP contribution in [0.4, 0.5) is 5.69 Å². The van der Waals surface area contributed by atoms with E-state index in [1.807, 2.05) is 13.8 Å². The van der Waals surface area contributed by atoms with Gasteiger partial charge in [-0.2, -0.15) is 0 Å². The Labute approximate surface area is 147 Å². The molecule has 0 saturated carbocycles. The van der Waals surface area contributed by atoms with E-state index in [9.17, 15) is 13.2 Å². The molecule has 1 atom stereocenters. The molecule has 1 amide bonds. The number of halogens is 1. The lowest BCUT2D eigenvalue weighted by molar-refractivity contribution is -0.118. The van der Waals surface area contributed by atoms with Crippen molar-refractivity contribution in [2.75, 3.05) is 32.1 Å². The molecule has 0 aromatic heterocycles. The summed E-state index contributed by atoms with van der Waals surface area (Å²) in [6.45, 7) is 4.67. The van der Waals surface area contributed by atoms with Crippen LogP contribution in [0.2, 0.25) is 0 Å². The molecule has 0 unspecified atom stereocenters. The fourth-order valence-corrected chi connectivity index (χ4v) is 3.48. The minimum Gasteiger partial charge on any atom is -0.495 e. The average Bonchev–Trinajstić information content (AvgIpc) is 2.52. The van der Waals surface area contributed by atoms with E-state index in [-0.39, 0.29) is 48.2 Å². The Morgan fingerprint density at radius 3 is 2.75 bits per heavy atom. The molecule has 1 aromatic rings. The van der Waals surface area contributed by atoms with Gasteiger partial charge in [0.2, 0.25) is 10.0 Å². The Hall–Kier alpha value is -1.55. The Balaban J connectivity index is 0.00000288. The highest BCUT2D eigenvalue weighted by Crippen LogP contribution is 2.37. The number of anilines is 1. The summed E-state index contributed by atoms with van der Waals surface area (Å²) < 4.78 is 38.0. The SMILES string of the molecule is CCN[C@H](C)CNS(=O)(=O)c1cc2c(cc1OC)NC(=O)CO2.Cl. The molecule has 8 nitrogen and oxygen atoms in total. The lowest BCUT2D eigenvalue weighted by atomic mass is 10.2. The van der Waals surface area contributed by atoms with E-state index in [1.165, 1.54) is 19.2 Å². The number of methoxy groups -OCH3 is 1. The summed E-state index contributed by atoms with van der Waals surface area (Å²) in [4.78, 5) is 11.3. The van der Waals surface area contributed by atoms with Gasteiger partial charge in [-0.15, -0.1) is 12.4 Å². The van der Waals surface area contributed by atoms with Crippen LogP contribution in [0.15, 0.2) is 17.0 Å². The summed E-state index contributed by atoms with van der Waals surface area (Å²) in [6, 6.07) is 2.79. The monoisotopic (exact) mass is 379 g/mol. The molecule has 24 heavy (non-hydrogen) atoms. The number of nitrogens with one attached hydrogen (secondary N) is 3. The molecular weight excluding hydrogens is 358 g/mol. The van der Waals surface area contributed by atoms with Crippen LogP contribution in [0.1, 0.15) is 13.8 Å². The zero-order valence-corrected chi connectivity index (χ0v) is 15.3. The lowest BCUT2D eigenvalue weighted by Crippen LogP contribution is -2.38. The van der Waals surface area contributed by atoms with Gasteiger partial charge in [-0.25, -0.2) is 13.1 Å². The molecule has 0 saturated heterocycles. The highest BCUT2D eigenvalue weighted by Gasteiger charge is 2.25. The largest absolute Gasteiger partial charge is 0.495 e. The number of rotatable bonds is 7. The second-order valence-electron chi connectivity index (χ2n) is 5.15. The highest BCUT2D eigenvalue weighted by molar-refractivity contribution is 7.89. The number of benzene rings is 1. The minimum absolute atomic E-state index is 0. The Kier molecular flexibility index (Phi) is 7.27. The van der Waals surface area contributed by atoms with E-state index in [2.05, 4.69) is 15.4 Å². The van der Waals surface area contributed by atoms with Gasteiger partial charge in [0.25, 0.3) is 5.91 Å². The van der Waals surface area contributed by atoms with Crippen LogP contribution >= 0.6 is 12.4 Å². The van der Waals surface area contributed by atoms with E-state index in [4.69, 9.17) is 9.47 Å². The van der Waals surface area contributed by atoms with E-state index in [0.717, 1.165) is 6.54 Å². The van der Waals surface area contributed by atoms with E-state index in [0.29, 0.717) is 11.4 Å². The zero-order chi connectivity index (χ0) is 17.0. The van der Waals surface area contributed by atoms with Gasteiger partial charge in [-0.3, -0.25) is 4.79 Å². The van der Waals surface area contributed by atoms with Crippen molar-refractivity contribution in [3.63, 3.8) is 0 Å². The summed E-state index contributed by atoms with van der Waals surface area (Å²) in [5, 5.41) is 5.73. The van der Waals surface area contributed by atoms with Gasteiger partial charge < -0.3 is 20.1 Å². The molecule has 1 aromatic carbocycles. The van der Waals surface area contributed by atoms with Gasteiger partial charge in [0.05, 0.1) is 12.8 Å². The summed E-state index contributed by atoms with van der Waals surface area (Å²) >= 11 is 0. The van der Waals surface area contributed by atoms with Gasteiger partial charge in [-0.05, 0) is 13.5 Å². The van der Waals surface area contributed by atoms with Crippen LogP contribution in [0.5, 0.6) is 11.5 Å². The topological polar surface area (TPSA) is 106 Å². The van der Waals surface area contributed by atoms with Crippen molar-refractivity contribution in [1.82, 2.24) is 10.0 Å². The second-order valence-corrected chi connectivity index (χ2v) is 6.88. The van der Waals surface area contributed by atoms with E-state index >= 15 is 0 Å². The maximum Gasteiger partial charge on any atom is 0.262 e. The number of sulfonamides is 1. The number of carbonyl (C=O) groups excluding carboxylic acids is 1. The van der Waals surface area contributed by atoms with Crippen molar-refractivity contribution < 1.29 is 22.7 Å². The molecule has 1 aliphatic rings. The Bertz CT molecular complexity index is 696. The van der Waals surface area contributed by atoms with E-state index < -0.39 is 10.0 Å². The summed E-state index contributed by atoms with van der Waals surface area (Å²) in [7, 11) is -2.40. The summed E-state index contributed by atoms with van der Waals surface area (Å²) in [5.74, 6) is 0.136. The first-order valence-electron chi connectivity index (χ1n) is 7.25. The van der Waals surface area contributed by atoms with Crippen molar-refractivity contribution in [3.05, 3.63) is 12.1 Å². The summed E-state index contributed by atoms with van der Waals surface area (Å²) in [5.41, 5.74) is 0.387. The van der Waals surface area contributed by atoms with Gasteiger partial charge in [-0.1, -0.05) is 6.92 Å². The molecule has 0 fully saturated rings. The quantitative estimate of drug-likeness (QED) is 0.644. The van der Waals surface area contributed by atoms with Crippen LogP contribution in [-0.4, -0.2) is 47.2 Å². The van der Waals surface area contributed by atoms with Crippen LogP contribution in [0.25, 0.3) is 0 Å². The predicted octanol–water partition coefficient (Wildman–Crippen LogP) is 0.724. The number of amides is 1. The molecule has 0 spiro atoms. The first kappa shape index (κ1) is 20.5. The lowest BCUT2D eigenvalue weighted by Gasteiger charge is -2.21. The third-order valence-electron chi connectivity index (χ3n) is 3.32. The number of likely N-dealkylation sites (N-methyl/N-ethyl adjacent to an activating group) is 1. The van der Waals surface area contributed by atoms with Crippen molar-refractivity contribution >= 4 is 34.0 Å². The first-order chi connectivity index (χ1) is 10.9. The second kappa shape index (κ2) is 8.52. The molecule has 0 bridgehead atoms. The average molecular weight is 380 g/mol. The fraction of sp³-hybridized carbons (Fsp3) is 0.500. The maximum absolute atomic E-state index is 12.5. The van der Waals surface area contributed by atoms with Gasteiger partial charge in [0.15, 0.2) is 6.61 Å². The number of ether oxygens (including phenoxy) is 2. The molecule has 3 N–H and O–H groups in total. The van der Waals surface area contributed by atoms with Crippen molar-refractivity contribution in [2.24, 2.45) is 0 Å². The van der Waals surface area contributed by atoms with Gasteiger partial charge >= 0.3 is 0 Å². The molecule has 1 heterocycles. The van der Waals surface area contributed by atoms with Gasteiger partial charge in [0.1, 0.15) is 16.4 Å². The molecule has 136 valence electrons. The minimum atomic E-state index is -3.77. The van der Waals surface area contributed by atoms with Gasteiger partial charge in [0, 0.05) is 24.7 Å².